The van der Waals surface area contributed by atoms with E-state index >= 15 is 0 Å². The zero-order valence-electron chi connectivity index (χ0n) is 18.4. The number of benzene rings is 2. The van der Waals surface area contributed by atoms with Crippen molar-refractivity contribution in [2.75, 3.05) is 48.8 Å². The lowest BCUT2D eigenvalue weighted by Crippen LogP contribution is -2.48. The lowest BCUT2D eigenvalue weighted by atomic mass is 10.1. The van der Waals surface area contributed by atoms with Gasteiger partial charge in [-0.2, -0.15) is 0 Å². The third-order valence-electron chi connectivity index (χ3n) is 5.47. The normalized spacial score (nSPS) is 13.6. The maximum atomic E-state index is 12.3. The monoisotopic (exact) mass is 424 g/mol. The van der Waals surface area contributed by atoms with E-state index in [1.165, 1.54) is 0 Å². The van der Waals surface area contributed by atoms with Crippen LogP contribution in [0.25, 0.3) is 0 Å². The van der Waals surface area contributed by atoms with Crippen LogP contribution in [0.15, 0.2) is 48.5 Å². The summed E-state index contributed by atoms with van der Waals surface area (Å²) in [4.78, 5) is 28.8. The summed E-state index contributed by atoms with van der Waals surface area (Å²) < 4.78 is 5.25. The highest BCUT2D eigenvalue weighted by molar-refractivity contribution is 6.00. The minimum absolute atomic E-state index is 0.272. The van der Waals surface area contributed by atoms with Crippen LogP contribution in [0.3, 0.4) is 0 Å². The number of piperazine rings is 1. The van der Waals surface area contributed by atoms with Crippen LogP contribution >= 0.6 is 0 Å². The summed E-state index contributed by atoms with van der Waals surface area (Å²) in [6.07, 6.45) is 3.89. The van der Waals surface area contributed by atoms with E-state index in [9.17, 15) is 9.59 Å². The molecule has 166 valence electrons. The number of rotatable bonds is 8. The molecule has 0 saturated carbocycles. The van der Waals surface area contributed by atoms with E-state index in [2.05, 4.69) is 22.5 Å². The Morgan fingerprint density at radius 3 is 2.32 bits per heavy atom. The van der Waals surface area contributed by atoms with Crippen LogP contribution in [-0.2, 0) is 4.79 Å². The molecule has 0 radical (unpaired) electrons. The summed E-state index contributed by atoms with van der Waals surface area (Å²) in [5.41, 5.74) is 2.41. The highest BCUT2D eigenvalue weighted by Gasteiger charge is 2.20. The van der Waals surface area contributed by atoms with Gasteiger partial charge in [0.2, 0.25) is 5.91 Å². The second-order valence-corrected chi connectivity index (χ2v) is 7.65. The lowest BCUT2D eigenvalue weighted by molar-refractivity contribution is -0.131. The molecule has 0 atom stereocenters. The standard InChI is InChI=1S/C24H32N4O3/c1-3-4-5-10-23(29)28-17-15-27(16-18-28)20-13-11-19(12-14-20)25-24(30)26-21-8-6-7-9-22(21)31-2/h6-9,11-14H,3-5,10,15-18H2,1-2H3,(H2,25,26,30). The molecule has 1 heterocycles. The zero-order valence-corrected chi connectivity index (χ0v) is 18.4. The first kappa shape index (κ1) is 22.5. The van der Waals surface area contributed by atoms with Crippen LogP contribution in [0.2, 0.25) is 0 Å². The van der Waals surface area contributed by atoms with Crippen LogP contribution in [0.1, 0.15) is 32.6 Å². The Labute approximate surface area is 184 Å². The highest BCUT2D eigenvalue weighted by Crippen LogP contribution is 2.24. The smallest absolute Gasteiger partial charge is 0.323 e. The number of carbonyl (C=O) groups is 2. The number of methoxy groups -OCH3 is 1. The summed E-state index contributed by atoms with van der Waals surface area (Å²) in [7, 11) is 1.57. The van der Waals surface area contributed by atoms with Gasteiger partial charge in [-0.3, -0.25) is 4.79 Å². The summed E-state index contributed by atoms with van der Waals surface area (Å²) in [5.74, 6) is 0.879. The van der Waals surface area contributed by atoms with E-state index in [1.807, 2.05) is 41.3 Å². The number of ether oxygens (including phenoxy) is 1. The number of unbranched alkanes of at least 4 members (excludes halogenated alkanes) is 2. The van der Waals surface area contributed by atoms with Crippen molar-refractivity contribution in [1.82, 2.24) is 4.90 Å². The molecule has 0 unspecified atom stereocenters. The van der Waals surface area contributed by atoms with Crippen molar-refractivity contribution < 1.29 is 14.3 Å². The predicted octanol–water partition coefficient (Wildman–Crippen LogP) is 4.57. The number of amides is 3. The van der Waals surface area contributed by atoms with Gasteiger partial charge in [0.15, 0.2) is 0 Å². The third kappa shape index (κ3) is 6.38. The van der Waals surface area contributed by atoms with Crippen molar-refractivity contribution >= 4 is 29.0 Å². The van der Waals surface area contributed by atoms with Crippen LogP contribution < -0.4 is 20.3 Å². The zero-order chi connectivity index (χ0) is 22.1. The van der Waals surface area contributed by atoms with Gasteiger partial charge >= 0.3 is 6.03 Å². The Kier molecular flexibility index (Phi) is 8.15. The molecule has 7 nitrogen and oxygen atoms in total. The number of para-hydroxylation sites is 2. The molecule has 2 aromatic rings. The van der Waals surface area contributed by atoms with E-state index < -0.39 is 0 Å². The number of hydrogen-bond acceptors (Lipinski definition) is 4. The largest absolute Gasteiger partial charge is 0.495 e. The van der Waals surface area contributed by atoms with Crippen molar-refractivity contribution in [2.45, 2.75) is 32.6 Å². The van der Waals surface area contributed by atoms with E-state index in [-0.39, 0.29) is 11.9 Å². The van der Waals surface area contributed by atoms with Crippen molar-refractivity contribution in [3.8, 4) is 5.75 Å². The maximum absolute atomic E-state index is 12.3. The molecule has 0 aliphatic carbocycles. The second-order valence-electron chi connectivity index (χ2n) is 7.65. The van der Waals surface area contributed by atoms with Gasteiger partial charge in [0.05, 0.1) is 12.8 Å². The minimum Gasteiger partial charge on any atom is -0.495 e. The molecule has 3 rings (SSSR count). The van der Waals surface area contributed by atoms with Crippen LogP contribution in [0.5, 0.6) is 5.75 Å². The van der Waals surface area contributed by atoms with Crippen molar-refractivity contribution in [2.24, 2.45) is 0 Å². The van der Waals surface area contributed by atoms with Gasteiger partial charge in [0.1, 0.15) is 5.75 Å². The molecule has 3 amide bonds. The van der Waals surface area contributed by atoms with E-state index in [4.69, 9.17) is 4.74 Å². The molecule has 1 fully saturated rings. The average Bonchev–Trinajstić information content (AvgIpc) is 2.80. The third-order valence-corrected chi connectivity index (χ3v) is 5.47. The first-order valence-electron chi connectivity index (χ1n) is 10.9. The molecule has 1 aliphatic heterocycles. The molecule has 0 aromatic heterocycles. The minimum atomic E-state index is -0.326. The van der Waals surface area contributed by atoms with Gasteiger partial charge in [-0.25, -0.2) is 4.79 Å². The molecular formula is C24H32N4O3. The lowest BCUT2D eigenvalue weighted by Gasteiger charge is -2.36. The van der Waals surface area contributed by atoms with Gasteiger partial charge in [-0.15, -0.1) is 0 Å². The van der Waals surface area contributed by atoms with Gasteiger partial charge in [0.25, 0.3) is 0 Å². The maximum Gasteiger partial charge on any atom is 0.323 e. The van der Waals surface area contributed by atoms with Gasteiger partial charge in [-0.05, 0) is 42.8 Å². The fourth-order valence-electron chi connectivity index (χ4n) is 3.69. The number of carbonyl (C=O) groups excluding carboxylic acids is 2. The highest BCUT2D eigenvalue weighted by atomic mass is 16.5. The van der Waals surface area contributed by atoms with Crippen molar-refractivity contribution in [3.05, 3.63) is 48.5 Å². The molecule has 2 N–H and O–H groups in total. The van der Waals surface area contributed by atoms with Crippen LogP contribution in [-0.4, -0.2) is 50.1 Å². The molecule has 1 aliphatic rings. The SMILES string of the molecule is CCCCCC(=O)N1CCN(c2ccc(NC(=O)Nc3ccccc3OC)cc2)CC1. The quantitative estimate of drug-likeness (QED) is 0.609. The van der Waals surface area contributed by atoms with E-state index in [1.54, 1.807) is 19.2 Å². The number of nitrogens with one attached hydrogen (secondary N) is 2. The Hall–Kier alpha value is -3.22. The Morgan fingerprint density at radius 2 is 1.65 bits per heavy atom. The average molecular weight is 425 g/mol. The first-order valence-corrected chi connectivity index (χ1v) is 10.9. The predicted molar refractivity (Wildman–Crippen MR) is 125 cm³/mol. The van der Waals surface area contributed by atoms with Crippen molar-refractivity contribution in [1.29, 1.82) is 0 Å². The molecule has 2 aromatic carbocycles. The molecule has 0 bridgehead atoms. The summed E-state index contributed by atoms with van der Waals surface area (Å²) in [5, 5.41) is 5.64. The van der Waals surface area contributed by atoms with Gasteiger partial charge < -0.3 is 25.2 Å². The molecule has 31 heavy (non-hydrogen) atoms. The topological polar surface area (TPSA) is 73.9 Å². The Morgan fingerprint density at radius 1 is 0.935 bits per heavy atom. The van der Waals surface area contributed by atoms with Gasteiger partial charge in [-0.1, -0.05) is 31.9 Å². The van der Waals surface area contributed by atoms with E-state index in [0.717, 1.165) is 51.1 Å². The number of nitrogens with zero attached hydrogens (tertiary/aromatic N) is 2. The number of urea groups is 1. The fraction of sp³-hybridized carbons (Fsp3) is 0.417. The summed E-state index contributed by atoms with van der Waals surface area (Å²) in [6.45, 7) is 5.30. The molecule has 0 spiro atoms. The Bertz CT molecular complexity index is 861. The molecule has 1 saturated heterocycles. The van der Waals surface area contributed by atoms with Gasteiger partial charge in [0, 0.05) is 44.0 Å². The number of anilines is 3. The van der Waals surface area contributed by atoms with Crippen LogP contribution in [0, 0.1) is 0 Å². The van der Waals surface area contributed by atoms with Crippen LogP contribution in [0.4, 0.5) is 21.9 Å². The first-order chi connectivity index (χ1) is 15.1. The fourth-order valence-corrected chi connectivity index (χ4v) is 3.69. The number of hydrogen-bond donors (Lipinski definition) is 2. The second kappa shape index (κ2) is 11.2. The summed E-state index contributed by atoms with van der Waals surface area (Å²) in [6, 6.07) is 14.7. The van der Waals surface area contributed by atoms with Crippen molar-refractivity contribution in [3.63, 3.8) is 0 Å². The summed E-state index contributed by atoms with van der Waals surface area (Å²) >= 11 is 0. The molecule has 7 heteroatoms. The Balaban J connectivity index is 1.48. The van der Waals surface area contributed by atoms with E-state index in [0.29, 0.717) is 23.5 Å². The molecular weight excluding hydrogens is 392 g/mol.